The van der Waals surface area contributed by atoms with E-state index in [9.17, 15) is 0 Å². The summed E-state index contributed by atoms with van der Waals surface area (Å²) < 4.78 is 6.09. The molecule has 3 aromatic rings. The Labute approximate surface area is 93.4 Å². The second-order valence-electron chi connectivity index (χ2n) is 3.10. The van der Waals surface area contributed by atoms with Gasteiger partial charge in [-0.15, -0.1) is 0 Å². The molecule has 74 valence electrons. The Morgan fingerprint density at radius 3 is 3.13 bits per heavy atom. The number of hydrogen-bond donors (Lipinski definition) is 1. The number of furan rings is 1. The van der Waals surface area contributed by atoms with Crippen LogP contribution in [0, 0.1) is 0 Å². The summed E-state index contributed by atoms with van der Waals surface area (Å²) in [5.41, 5.74) is 1.70. The molecule has 0 saturated heterocycles. The zero-order chi connectivity index (χ0) is 10.3. The molecular weight excluding hydrogens is 258 g/mol. The van der Waals surface area contributed by atoms with E-state index in [1.165, 1.54) is 0 Å². The molecule has 0 fully saturated rings. The largest absolute Gasteiger partial charge is 0.463 e. The van der Waals surface area contributed by atoms with E-state index >= 15 is 0 Å². The maximum Gasteiger partial charge on any atom is 0.154 e. The molecule has 3 heterocycles. The summed E-state index contributed by atoms with van der Waals surface area (Å²) in [6.45, 7) is 0. The number of halogens is 1. The Balaban J connectivity index is 2.32. The fourth-order valence-electron chi connectivity index (χ4n) is 1.49. The predicted octanol–water partition coefficient (Wildman–Crippen LogP) is 2.98. The summed E-state index contributed by atoms with van der Waals surface area (Å²) in [6.07, 6.45) is 3.37. The molecule has 4 nitrogen and oxygen atoms in total. The molecule has 0 spiro atoms. The van der Waals surface area contributed by atoms with Crippen molar-refractivity contribution in [1.29, 1.82) is 0 Å². The Morgan fingerprint density at radius 2 is 2.33 bits per heavy atom. The second kappa shape index (κ2) is 3.20. The van der Waals surface area contributed by atoms with Crippen LogP contribution < -0.4 is 0 Å². The van der Waals surface area contributed by atoms with E-state index in [4.69, 9.17) is 4.42 Å². The number of aromatic amines is 1. The first-order valence-electron chi connectivity index (χ1n) is 4.38. The number of hydrogen-bond acceptors (Lipinski definition) is 3. The van der Waals surface area contributed by atoms with Crippen LogP contribution in [0.3, 0.4) is 0 Å². The number of rotatable bonds is 1. The predicted molar refractivity (Wildman–Crippen MR) is 59.3 cm³/mol. The lowest BCUT2D eigenvalue weighted by Gasteiger charge is -1.92. The van der Waals surface area contributed by atoms with Gasteiger partial charge in [0.2, 0.25) is 0 Å². The van der Waals surface area contributed by atoms with Crippen molar-refractivity contribution in [3.8, 4) is 11.5 Å². The highest BCUT2D eigenvalue weighted by atomic mass is 79.9. The van der Waals surface area contributed by atoms with Crippen molar-refractivity contribution >= 4 is 26.8 Å². The van der Waals surface area contributed by atoms with Gasteiger partial charge in [0.1, 0.15) is 10.3 Å². The smallest absolute Gasteiger partial charge is 0.154 e. The zero-order valence-electron chi connectivity index (χ0n) is 7.57. The highest BCUT2D eigenvalue weighted by molar-refractivity contribution is 9.10. The molecule has 0 amide bonds. The van der Waals surface area contributed by atoms with Crippen LogP contribution in [0.1, 0.15) is 0 Å². The van der Waals surface area contributed by atoms with E-state index in [0.717, 1.165) is 27.0 Å². The Hall–Kier alpha value is -1.62. The molecule has 0 unspecified atom stereocenters. The summed E-state index contributed by atoms with van der Waals surface area (Å²) in [5, 5.41) is 8.10. The van der Waals surface area contributed by atoms with Crippen LogP contribution in [-0.2, 0) is 0 Å². The van der Waals surface area contributed by atoms with E-state index < -0.39 is 0 Å². The first kappa shape index (κ1) is 8.67. The van der Waals surface area contributed by atoms with Gasteiger partial charge in [0, 0.05) is 5.39 Å². The van der Waals surface area contributed by atoms with Gasteiger partial charge in [0.05, 0.1) is 18.0 Å². The molecule has 0 bridgehead atoms. The summed E-state index contributed by atoms with van der Waals surface area (Å²) in [4.78, 5) is 4.12. The van der Waals surface area contributed by atoms with Gasteiger partial charge in [-0.2, -0.15) is 5.10 Å². The molecule has 5 heteroatoms. The lowest BCUT2D eigenvalue weighted by Crippen LogP contribution is -1.76. The Kier molecular flexibility index (Phi) is 1.85. The molecule has 1 N–H and O–H groups in total. The standard InChI is InChI=1S/C10H6BrN3O/c11-9-4-6-7(5-12-9)13-14-10(6)8-2-1-3-15-8/h1-5H,(H,13,14). The lowest BCUT2D eigenvalue weighted by atomic mass is 10.2. The Bertz CT molecular complexity index is 600. The lowest BCUT2D eigenvalue weighted by molar-refractivity contribution is 0.580. The molecule has 3 aromatic heterocycles. The van der Waals surface area contributed by atoms with Crippen molar-refractivity contribution in [2.24, 2.45) is 0 Å². The monoisotopic (exact) mass is 263 g/mol. The van der Waals surface area contributed by atoms with Crippen LogP contribution in [0.4, 0.5) is 0 Å². The van der Waals surface area contributed by atoms with Crippen LogP contribution in [0.15, 0.2) is 39.7 Å². The van der Waals surface area contributed by atoms with Gasteiger partial charge in [-0.25, -0.2) is 4.98 Å². The van der Waals surface area contributed by atoms with Crippen LogP contribution in [0.25, 0.3) is 22.4 Å². The van der Waals surface area contributed by atoms with Crippen LogP contribution >= 0.6 is 15.9 Å². The molecule has 0 aliphatic heterocycles. The van der Waals surface area contributed by atoms with Gasteiger partial charge in [-0.3, -0.25) is 5.10 Å². The van der Waals surface area contributed by atoms with E-state index in [1.54, 1.807) is 12.5 Å². The van der Waals surface area contributed by atoms with Gasteiger partial charge in [0.25, 0.3) is 0 Å². The zero-order valence-corrected chi connectivity index (χ0v) is 9.15. The number of nitrogens with one attached hydrogen (secondary N) is 1. The summed E-state index contributed by atoms with van der Waals surface area (Å²) in [7, 11) is 0. The summed E-state index contributed by atoms with van der Waals surface area (Å²) >= 11 is 3.33. The van der Waals surface area contributed by atoms with Gasteiger partial charge in [-0.1, -0.05) is 0 Å². The molecule has 15 heavy (non-hydrogen) atoms. The average Bonchev–Trinajstić information content (AvgIpc) is 2.83. The SMILES string of the molecule is Brc1cc2c(-c3ccco3)n[nH]c2cn1. The van der Waals surface area contributed by atoms with Crippen LogP contribution in [0.5, 0.6) is 0 Å². The van der Waals surface area contributed by atoms with Crippen molar-refractivity contribution in [3.63, 3.8) is 0 Å². The third-order valence-corrected chi connectivity index (χ3v) is 2.60. The van der Waals surface area contributed by atoms with Gasteiger partial charge in [-0.05, 0) is 34.1 Å². The van der Waals surface area contributed by atoms with E-state index in [0.29, 0.717) is 0 Å². The van der Waals surface area contributed by atoms with E-state index in [1.807, 2.05) is 18.2 Å². The summed E-state index contributed by atoms with van der Waals surface area (Å²) in [5.74, 6) is 0.749. The highest BCUT2D eigenvalue weighted by Crippen LogP contribution is 2.27. The second-order valence-corrected chi connectivity index (χ2v) is 3.91. The van der Waals surface area contributed by atoms with Gasteiger partial charge < -0.3 is 4.42 Å². The first-order valence-corrected chi connectivity index (χ1v) is 5.17. The quantitative estimate of drug-likeness (QED) is 0.687. The highest BCUT2D eigenvalue weighted by Gasteiger charge is 2.10. The average molecular weight is 264 g/mol. The van der Waals surface area contributed by atoms with E-state index in [-0.39, 0.29) is 0 Å². The Morgan fingerprint density at radius 1 is 1.40 bits per heavy atom. The number of H-pyrrole nitrogens is 1. The van der Waals surface area contributed by atoms with E-state index in [2.05, 4.69) is 31.1 Å². The van der Waals surface area contributed by atoms with Gasteiger partial charge >= 0.3 is 0 Å². The molecule has 0 saturated carbocycles. The molecule has 3 rings (SSSR count). The van der Waals surface area contributed by atoms with Crippen molar-refractivity contribution in [3.05, 3.63) is 35.3 Å². The molecule has 0 aromatic carbocycles. The fourth-order valence-corrected chi connectivity index (χ4v) is 1.82. The maximum atomic E-state index is 5.31. The fraction of sp³-hybridized carbons (Fsp3) is 0. The minimum atomic E-state index is 0.749. The molecular formula is C10H6BrN3O. The first-order chi connectivity index (χ1) is 7.34. The molecule has 0 aliphatic rings. The number of fused-ring (bicyclic) bond motifs is 1. The van der Waals surface area contributed by atoms with Crippen molar-refractivity contribution in [2.75, 3.05) is 0 Å². The number of nitrogens with zero attached hydrogens (tertiary/aromatic N) is 2. The molecule has 0 aliphatic carbocycles. The third kappa shape index (κ3) is 1.35. The van der Waals surface area contributed by atoms with Crippen molar-refractivity contribution in [2.45, 2.75) is 0 Å². The van der Waals surface area contributed by atoms with Crippen LogP contribution in [-0.4, -0.2) is 15.2 Å². The number of aromatic nitrogens is 3. The van der Waals surface area contributed by atoms with Crippen molar-refractivity contribution in [1.82, 2.24) is 15.2 Å². The normalized spacial score (nSPS) is 11.0. The van der Waals surface area contributed by atoms with Crippen molar-refractivity contribution < 1.29 is 4.42 Å². The maximum absolute atomic E-state index is 5.31. The van der Waals surface area contributed by atoms with Crippen LogP contribution in [0.2, 0.25) is 0 Å². The molecule has 0 radical (unpaired) electrons. The molecule has 0 atom stereocenters. The minimum Gasteiger partial charge on any atom is -0.463 e. The third-order valence-electron chi connectivity index (χ3n) is 2.17. The summed E-state index contributed by atoms with van der Waals surface area (Å²) in [6, 6.07) is 5.63. The topological polar surface area (TPSA) is 54.7 Å². The van der Waals surface area contributed by atoms with Gasteiger partial charge in [0.15, 0.2) is 5.76 Å². The number of pyridine rings is 1. The minimum absolute atomic E-state index is 0.749.